The van der Waals surface area contributed by atoms with Crippen molar-refractivity contribution < 1.29 is 4.79 Å². The first-order chi connectivity index (χ1) is 14.2. The minimum Gasteiger partial charge on any atom is -0.355 e. The molecular formula is C21H19N5OS2. The zero-order valence-corrected chi connectivity index (χ0v) is 17.1. The van der Waals surface area contributed by atoms with Crippen LogP contribution in [0.25, 0.3) is 10.9 Å². The lowest BCUT2D eigenvalue weighted by molar-refractivity contribution is -0.120. The van der Waals surface area contributed by atoms with Gasteiger partial charge in [0.1, 0.15) is 5.82 Å². The van der Waals surface area contributed by atoms with Crippen molar-refractivity contribution in [3.63, 3.8) is 0 Å². The molecule has 0 fully saturated rings. The van der Waals surface area contributed by atoms with Gasteiger partial charge in [0.05, 0.1) is 17.6 Å². The lowest BCUT2D eigenvalue weighted by Gasteiger charge is -2.06. The zero-order valence-electron chi connectivity index (χ0n) is 15.5. The van der Waals surface area contributed by atoms with Crippen molar-refractivity contribution in [1.82, 2.24) is 20.3 Å². The summed E-state index contributed by atoms with van der Waals surface area (Å²) in [5.41, 5.74) is 2.83. The average Bonchev–Trinajstić information content (AvgIpc) is 3.15. The van der Waals surface area contributed by atoms with Crippen LogP contribution >= 0.6 is 23.6 Å². The van der Waals surface area contributed by atoms with Gasteiger partial charge in [-0.2, -0.15) is 0 Å². The summed E-state index contributed by atoms with van der Waals surface area (Å²) >= 11 is 6.64. The van der Waals surface area contributed by atoms with Crippen molar-refractivity contribution in [3.8, 4) is 0 Å². The Bertz CT molecular complexity index is 1190. The van der Waals surface area contributed by atoms with Crippen LogP contribution in [0.5, 0.6) is 0 Å². The molecule has 0 atom stereocenters. The van der Waals surface area contributed by atoms with E-state index in [9.17, 15) is 4.79 Å². The van der Waals surface area contributed by atoms with Gasteiger partial charge in [0.25, 0.3) is 0 Å². The van der Waals surface area contributed by atoms with Gasteiger partial charge in [-0.05, 0) is 36.3 Å². The Labute approximate surface area is 177 Å². The van der Waals surface area contributed by atoms with E-state index in [-0.39, 0.29) is 12.3 Å². The van der Waals surface area contributed by atoms with Crippen LogP contribution in [0.4, 0.5) is 10.9 Å². The molecular weight excluding hydrogens is 402 g/mol. The molecule has 0 aliphatic carbocycles. The van der Waals surface area contributed by atoms with E-state index in [2.05, 4.69) is 37.7 Å². The van der Waals surface area contributed by atoms with Crippen LogP contribution in [-0.2, 0) is 17.6 Å². The van der Waals surface area contributed by atoms with E-state index in [4.69, 9.17) is 12.2 Å². The molecule has 1 amide bonds. The molecule has 0 aliphatic heterocycles. The molecule has 4 aromatic rings. The highest BCUT2D eigenvalue weighted by Gasteiger charge is 2.10. The van der Waals surface area contributed by atoms with Gasteiger partial charge in [0.2, 0.25) is 5.91 Å². The number of carbonyl (C=O) groups is 1. The molecule has 2 aromatic carbocycles. The van der Waals surface area contributed by atoms with Crippen molar-refractivity contribution in [2.45, 2.75) is 12.8 Å². The molecule has 3 N–H and O–H groups in total. The van der Waals surface area contributed by atoms with Gasteiger partial charge >= 0.3 is 0 Å². The molecule has 29 heavy (non-hydrogen) atoms. The van der Waals surface area contributed by atoms with E-state index >= 15 is 0 Å². The number of benzene rings is 2. The van der Waals surface area contributed by atoms with Crippen molar-refractivity contribution >= 4 is 51.3 Å². The number of H-pyrrole nitrogens is 1. The fourth-order valence-corrected chi connectivity index (χ4v) is 3.87. The van der Waals surface area contributed by atoms with Gasteiger partial charge in [0.15, 0.2) is 9.90 Å². The van der Waals surface area contributed by atoms with E-state index in [1.54, 1.807) is 0 Å². The van der Waals surface area contributed by atoms with Gasteiger partial charge in [-0.3, -0.25) is 4.79 Å². The number of para-hydroxylation sites is 1. The molecule has 6 nitrogen and oxygen atoms in total. The number of thiazole rings is 1. The quantitative estimate of drug-likeness (QED) is 0.386. The SMILES string of the molecule is O=C(Cc1csc(Nc2nc(=S)[nH]c3ccccc23)n1)NCCc1ccccc1. The highest BCUT2D eigenvalue weighted by molar-refractivity contribution is 7.71. The Kier molecular flexibility index (Phi) is 5.92. The first-order valence-electron chi connectivity index (χ1n) is 9.18. The third kappa shape index (κ3) is 5.04. The van der Waals surface area contributed by atoms with Crippen molar-refractivity contribution in [2.75, 3.05) is 11.9 Å². The number of amides is 1. The summed E-state index contributed by atoms with van der Waals surface area (Å²) in [5.74, 6) is 0.612. The first kappa shape index (κ1) is 19.2. The molecule has 0 radical (unpaired) electrons. The number of aromatic nitrogens is 3. The van der Waals surface area contributed by atoms with Gasteiger partial charge in [-0.1, -0.05) is 42.5 Å². The maximum Gasteiger partial charge on any atom is 0.226 e. The lowest BCUT2D eigenvalue weighted by Crippen LogP contribution is -2.27. The fraction of sp³-hybridized carbons (Fsp3) is 0.143. The minimum absolute atomic E-state index is 0.0384. The minimum atomic E-state index is -0.0384. The van der Waals surface area contributed by atoms with E-state index in [0.717, 1.165) is 23.0 Å². The average molecular weight is 422 g/mol. The van der Waals surface area contributed by atoms with Crippen molar-refractivity contribution in [1.29, 1.82) is 0 Å². The van der Waals surface area contributed by atoms with E-state index in [1.165, 1.54) is 16.9 Å². The second-order valence-corrected chi connectivity index (χ2v) is 7.71. The number of rotatable bonds is 7. The number of anilines is 2. The zero-order chi connectivity index (χ0) is 20.1. The monoisotopic (exact) mass is 421 g/mol. The highest BCUT2D eigenvalue weighted by Crippen LogP contribution is 2.25. The van der Waals surface area contributed by atoms with E-state index in [0.29, 0.717) is 22.3 Å². The van der Waals surface area contributed by atoms with Gasteiger partial charge < -0.3 is 15.6 Å². The van der Waals surface area contributed by atoms with Gasteiger partial charge in [-0.15, -0.1) is 11.3 Å². The van der Waals surface area contributed by atoms with Gasteiger partial charge in [0, 0.05) is 17.3 Å². The summed E-state index contributed by atoms with van der Waals surface area (Å²) in [6.45, 7) is 0.607. The summed E-state index contributed by atoms with van der Waals surface area (Å²) in [5, 5.41) is 9.65. The number of hydrogen-bond acceptors (Lipinski definition) is 6. The Morgan fingerprint density at radius 1 is 1.07 bits per heavy atom. The predicted octanol–water partition coefficient (Wildman–Crippen LogP) is 4.39. The largest absolute Gasteiger partial charge is 0.355 e. The summed E-state index contributed by atoms with van der Waals surface area (Å²) in [4.78, 5) is 24.1. The molecule has 0 bridgehead atoms. The molecule has 0 saturated carbocycles. The molecule has 0 spiro atoms. The topological polar surface area (TPSA) is 82.7 Å². The smallest absolute Gasteiger partial charge is 0.226 e. The van der Waals surface area contributed by atoms with Crippen LogP contribution in [0, 0.1) is 4.77 Å². The number of fused-ring (bicyclic) bond motifs is 1. The third-order valence-corrected chi connectivity index (χ3v) is 5.33. The van der Waals surface area contributed by atoms with Gasteiger partial charge in [-0.25, -0.2) is 9.97 Å². The first-order valence-corrected chi connectivity index (χ1v) is 10.5. The number of nitrogens with one attached hydrogen (secondary N) is 3. The second kappa shape index (κ2) is 8.93. The molecule has 2 heterocycles. The van der Waals surface area contributed by atoms with Crippen molar-refractivity contribution in [3.05, 3.63) is 76.0 Å². The van der Waals surface area contributed by atoms with Crippen LogP contribution in [0.15, 0.2) is 60.0 Å². The molecule has 8 heteroatoms. The molecule has 0 saturated heterocycles. The normalized spacial score (nSPS) is 10.8. The van der Waals surface area contributed by atoms with Crippen LogP contribution in [0.3, 0.4) is 0 Å². The Morgan fingerprint density at radius 2 is 1.86 bits per heavy atom. The molecule has 0 aliphatic rings. The predicted molar refractivity (Wildman–Crippen MR) is 119 cm³/mol. The molecule has 0 unspecified atom stereocenters. The van der Waals surface area contributed by atoms with Crippen molar-refractivity contribution in [2.24, 2.45) is 0 Å². The maximum atomic E-state index is 12.2. The van der Waals surface area contributed by atoms with Crippen LogP contribution < -0.4 is 10.6 Å². The number of hydrogen-bond donors (Lipinski definition) is 3. The maximum absolute atomic E-state index is 12.2. The Balaban J connectivity index is 1.36. The molecule has 146 valence electrons. The number of nitrogens with zero attached hydrogens (tertiary/aromatic N) is 2. The highest BCUT2D eigenvalue weighted by atomic mass is 32.1. The number of carbonyl (C=O) groups excluding carboxylic acids is 1. The summed E-state index contributed by atoms with van der Waals surface area (Å²) in [6.07, 6.45) is 1.06. The summed E-state index contributed by atoms with van der Waals surface area (Å²) in [7, 11) is 0. The summed E-state index contributed by atoms with van der Waals surface area (Å²) in [6, 6.07) is 17.9. The van der Waals surface area contributed by atoms with Crippen LogP contribution in [0.1, 0.15) is 11.3 Å². The Hall–Kier alpha value is -3.10. The van der Waals surface area contributed by atoms with Crippen LogP contribution in [-0.4, -0.2) is 27.4 Å². The second-order valence-electron chi connectivity index (χ2n) is 6.47. The third-order valence-electron chi connectivity index (χ3n) is 4.33. The van der Waals surface area contributed by atoms with E-state index in [1.807, 2.05) is 47.8 Å². The standard InChI is InChI=1S/C21H19N5OS2/c27-18(22-11-10-14-6-2-1-3-7-14)12-15-13-29-21(23-15)26-19-16-8-4-5-9-17(16)24-20(28)25-19/h1-9,13H,10-12H2,(H,22,27)(H2,23,24,25,26,28). The molecule has 2 aromatic heterocycles. The lowest BCUT2D eigenvalue weighted by atomic mass is 10.1. The number of aromatic amines is 1. The Morgan fingerprint density at radius 3 is 2.72 bits per heavy atom. The molecule has 4 rings (SSSR count). The summed E-state index contributed by atoms with van der Waals surface area (Å²) < 4.78 is 0.403. The fourth-order valence-electron chi connectivity index (χ4n) is 2.96. The van der Waals surface area contributed by atoms with E-state index < -0.39 is 0 Å². The van der Waals surface area contributed by atoms with Crippen LogP contribution in [0.2, 0.25) is 0 Å².